The van der Waals surface area contributed by atoms with Gasteiger partial charge < -0.3 is 5.73 Å². The molecular formula is C15H15BrN4. The second kappa shape index (κ2) is 5.73. The molecule has 0 aliphatic carbocycles. The van der Waals surface area contributed by atoms with Crippen molar-refractivity contribution in [2.45, 2.75) is 13.0 Å². The Bertz CT molecular complexity index is 718. The van der Waals surface area contributed by atoms with Crippen LogP contribution in [0, 0.1) is 0 Å². The molecule has 3 aromatic rings. The van der Waals surface area contributed by atoms with E-state index < -0.39 is 0 Å². The third-order valence-electron chi connectivity index (χ3n) is 3.24. The van der Waals surface area contributed by atoms with E-state index in [1.807, 2.05) is 29.1 Å². The quantitative estimate of drug-likeness (QED) is 0.799. The number of aryl methyl sites for hydroxylation is 1. The molecule has 2 heterocycles. The lowest BCUT2D eigenvalue weighted by Gasteiger charge is -2.00. The predicted octanol–water partition coefficient (Wildman–Crippen LogP) is 3.21. The van der Waals surface area contributed by atoms with E-state index in [2.05, 4.69) is 33.0 Å². The highest BCUT2D eigenvalue weighted by Gasteiger charge is 2.11. The molecule has 0 atom stereocenters. The summed E-state index contributed by atoms with van der Waals surface area (Å²) in [5, 5.41) is 5.81. The van der Waals surface area contributed by atoms with Gasteiger partial charge in [-0.2, -0.15) is 5.10 Å². The first-order valence-corrected chi connectivity index (χ1v) is 7.35. The number of benzene rings is 1. The molecule has 0 fully saturated rings. The number of pyridine rings is 1. The number of nitrogens with zero attached hydrogens (tertiary/aromatic N) is 3. The Labute approximate surface area is 125 Å². The summed E-state index contributed by atoms with van der Waals surface area (Å²) in [6, 6.07) is 10.2. The molecule has 2 aromatic heterocycles. The highest BCUT2D eigenvalue weighted by atomic mass is 79.9. The van der Waals surface area contributed by atoms with E-state index in [4.69, 9.17) is 10.8 Å². The van der Waals surface area contributed by atoms with Gasteiger partial charge in [0.25, 0.3) is 0 Å². The standard InChI is InChI=1S/C15H15BrN4/c16-12-4-2-11(3-5-12)15-13-10-18-8-6-14(13)20(19-15)9-1-7-17/h2-6,8,10H,1,7,9,17H2. The largest absolute Gasteiger partial charge is 0.330 e. The fraction of sp³-hybridized carbons (Fsp3) is 0.200. The third-order valence-corrected chi connectivity index (χ3v) is 3.77. The van der Waals surface area contributed by atoms with Crippen LogP contribution in [0.1, 0.15) is 6.42 Å². The van der Waals surface area contributed by atoms with E-state index >= 15 is 0 Å². The summed E-state index contributed by atoms with van der Waals surface area (Å²) in [6.45, 7) is 1.49. The van der Waals surface area contributed by atoms with Crippen LogP contribution in [-0.4, -0.2) is 21.3 Å². The van der Waals surface area contributed by atoms with E-state index in [1.165, 1.54) is 0 Å². The lowest BCUT2D eigenvalue weighted by molar-refractivity contribution is 0.604. The molecule has 0 saturated carbocycles. The number of nitrogens with two attached hydrogens (primary N) is 1. The Hall–Kier alpha value is -1.72. The van der Waals surface area contributed by atoms with Crippen molar-refractivity contribution in [1.82, 2.24) is 14.8 Å². The summed E-state index contributed by atoms with van der Waals surface area (Å²) in [6.07, 6.45) is 4.59. The van der Waals surface area contributed by atoms with Gasteiger partial charge in [0.05, 0.1) is 5.52 Å². The Balaban J connectivity index is 2.13. The maximum Gasteiger partial charge on any atom is 0.102 e. The van der Waals surface area contributed by atoms with Crippen molar-refractivity contribution in [3.63, 3.8) is 0 Å². The van der Waals surface area contributed by atoms with Gasteiger partial charge in [-0.15, -0.1) is 0 Å². The monoisotopic (exact) mass is 330 g/mol. The van der Waals surface area contributed by atoms with Gasteiger partial charge in [0.2, 0.25) is 0 Å². The lowest BCUT2D eigenvalue weighted by Crippen LogP contribution is -2.06. The van der Waals surface area contributed by atoms with Gasteiger partial charge in [-0.05, 0) is 31.2 Å². The Morgan fingerprint density at radius 3 is 2.70 bits per heavy atom. The summed E-state index contributed by atoms with van der Waals surface area (Å²) in [4.78, 5) is 4.22. The van der Waals surface area contributed by atoms with Gasteiger partial charge in [-0.1, -0.05) is 28.1 Å². The minimum Gasteiger partial charge on any atom is -0.330 e. The van der Waals surface area contributed by atoms with Crippen molar-refractivity contribution in [2.75, 3.05) is 6.54 Å². The van der Waals surface area contributed by atoms with Gasteiger partial charge in [-0.3, -0.25) is 9.67 Å². The Morgan fingerprint density at radius 2 is 1.95 bits per heavy atom. The van der Waals surface area contributed by atoms with Gasteiger partial charge in [-0.25, -0.2) is 0 Å². The molecule has 0 saturated heterocycles. The van der Waals surface area contributed by atoms with Gasteiger partial charge in [0, 0.05) is 34.4 Å². The van der Waals surface area contributed by atoms with Crippen LogP contribution in [0.3, 0.4) is 0 Å². The third kappa shape index (κ3) is 2.46. The minimum atomic E-state index is 0.667. The molecule has 4 nitrogen and oxygen atoms in total. The molecule has 1 aromatic carbocycles. The van der Waals surface area contributed by atoms with Gasteiger partial charge >= 0.3 is 0 Å². The first-order chi connectivity index (χ1) is 9.79. The van der Waals surface area contributed by atoms with E-state index in [0.717, 1.165) is 39.6 Å². The van der Waals surface area contributed by atoms with Crippen molar-refractivity contribution >= 4 is 26.8 Å². The minimum absolute atomic E-state index is 0.667. The number of halogens is 1. The highest BCUT2D eigenvalue weighted by Crippen LogP contribution is 2.28. The van der Waals surface area contributed by atoms with Crippen LogP contribution in [0.25, 0.3) is 22.2 Å². The van der Waals surface area contributed by atoms with E-state index in [0.29, 0.717) is 6.54 Å². The molecule has 5 heteroatoms. The number of hydrogen-bond acceptors (Lipinski definition) is 3. The van der Waals surface area contributed by atoms with Crippen LogP contribution >= 0.6 is 15.9 Å². The zero-order chi connectivity index (χ0) is 13.9. The molecule has 0 unspecified atom stereocenters. The summed E-state index contributed by atoms with van der Waals surface area (Å²) in [5.41, 5.74) is 8.76. The first-order valence-electron chi connectivity index (χ1n) is 6.56. The SMILES string of the molecule is NCCCn1nc(-c2ccc(Br)cc2)c2cnccc21. The zero-order valence-electron chi connectivity index (χ0n) is 11.0. The van der Waals surface area contributed by atoms with Crippen molar-refractivity contribution in [3.05, 3.63) is 47.2 Å². The summed E-state index contributed by atoms with van der Waals surface area (Å²) < 4.78 is 3.08. The van der Waals surface area contributed by atoms with Crippen molar-refractivity contribution in [3.8, 4) is 11.3 Å². The molecule has 2 N–H and O–H groups in total. The number of aromatic nitrogens is 3. The first kappa shape index (κ1) is 13.3. The molecule has 20 heavy (non-hydrogen) atoms. The van der Waals surface area contributed by atoms with Crippen LogP contribution in [0.2, 0.25) is 0 Å². The van der Waals surface area contributed by atoms with Crippen LogP contribution in [-0.2, 0) is 6.54 Å². The fourth-order valence-corrected chi connectivity index (χ4v) is 2.52. The molecule has 0 aliphatic heterocycles. The molecule has 0 amide bonds. The van der Waals surface area contributed by atoms with E-state index in [-0.39, 0.29) is 0 Å². The zero-order valence-corrected chi connectivity index (χ0v) is 12.5. The summed E-state index contributed by atoms with van der Waals surface area (Å²) >= 11 is 3.46. The smallest absolute Gasteiger partial charge is 0.102 e. The van der Waals surface area contributed by atoms with Gasteiger partial charge in [0.1, 0.15) is 5.69 Å². The highest BCUT2D eigenvalue weighted by molar-refractivity contribution is 9.10. The average molecular weight is 331 g/mol. The average Bonchev–Trinajstić information content (AvgIpc) is 2.85. The van der Waals surface area contributed by atoms with E-state index in [1.54, 1.807) is 6.20 Å². The predicted molar refractivity (Wildman–Crippen MR) is 84.3 cm³/mol. The Morgan fingerprint density at radius 1 is 1.15 bits per heavy atom. The molecular weight excluding hydrogens is 316 g/mol. The maximum atomic E-state index is 5.60. The normalized spacial score (nSPS) is 11.1. The lowest BCUT2D eigenvalue weighted by atomic mass is 10.1. The molecule has 0 aliphatic rings. The van der Waals surface area contributed by atoms with Crippen molar-refractivity contribution < 1.29 is 0 Å². The van der Waals surface area contributed by atoms with Crippen molar-refractivity contribution in [2.24, 2.45) is 5.73 Å². The summed E-state index contributed by atoms with van der Waals surface area (Å²) in [7, 11) is 0. The van der Waals surface area contributed by atoms with Crippen LogP contribution < -0.4 is 5.73 Å². The van der Waals surface area contributed by atoms with Crippen LogP contribution in [0.15, 0.2) is 47.2 Å². The van der Waals surface area contributed by atoms with Crippen LogP contribution in [0.4, 0.5) is 0 Å². The van der Waals surface area contributed by atoms with Crippen molar-refractivity contribution in [1.29, 1.82) is 0 Å². The maximum absolute atomic E-state index is 5.60. The van der Waals surface area contributed by atoms with E-state index in [9.17, 15) is 0 Å². The molecule has 3 rings (SSSR count). The number of fused-ring (bicyclic) bond motifs is 1. The number of hydrogen-bond donors (Lipinski definition) is 1. The Kier molecular flexibility index (Phi) is 3.80. The van der Waals surface area contributed by atoms with Gasteiger partial charge in [0.15, 0.2) is 0 Å². The number of rotatable bonds is 4. The summed E-state index contributed by atoms with van der Waals surface area (Å²) in [5.74, 6) is 0. The molecule has 102 valence electrons. The second-order valence-electron chi connectivity index (χ2n) is 4.61. The topological polar surface area (TPSA) is 56.7 Å². The molecule has 0 bridgehead atoms. The second-order valence-corrected chi connectivity index (χ2v) is 5.53. The fourth-order valence-electron chi connectivity index (χ4n) is 2.26. The van der Waals surface area contributed by atoms with Crippen LogP contribution in [0.5, 0.6) is 0 Å². The molecule has 0 radical (unpaired) electrons. The molecule has 0 spiro atoms.